The fourth-order valence-electron chi connectivity index (χ4n) is 2.32. The molecule has 0 radical (unpaired) electrons. The summed E-state index contributed by atoms with van der Waals surface area (Å²) < 4.78 is 0. The third-order valence-electron chi connectivity index (χ3n) is 3.46. The first-order chi connectivity index (χ1) is 7.15. The van der Waals surface area contributed by atoms with Crippen molar-refractivity contribution in [1.82, 2.24) is 10.2 Å². The molecule has 0 aromatic heterocycles. The standard InChI is InChI=1S/C13H28N2/c1-5-6-11(2)9-14-10-13(15(3)4)12-7-8-12/h11-14H,5-10H2,1-4H3. The topological polar surface area (TPSA) is 15.3 Å². The summed E-state index contributed by atoms with van der Waals surface area (Å²) in [7, 11) is 4.42. The van der Waals surface area contributed by atoms with Crippen LogP contribution in [0.15, 0.2) is 0 Å². The van der Waals surface area contributed by atoms with E-state index in [4.69, 9.17) is 0 Å². The van der Waals surface area contributed by atoms with Crippen molar-refractivity contribution in [2.75, 3.05) is 27.2 Å². The Morgan fingerprint density at radius 1 is 1.27 bits per heavy atom. The van der Waals surface area contributed by atoms with Gasteiger partial charge in [-0.15, -0.1) is 0 Å². The van der Waals surface area contributed by atoms with Gasteiger partial charge < -0.3 is 10.2 Å². The molecule has 0 aliphatic heterocycles. The maximum absolute atomic E-state index is 3.63. The Morgan fingerprint density at radius 2 is 1.93 bits per heavy atom. The lowest BCUT2D eigenvalue weighted by Gasteiger charge is -2.25. The summed E-state index contributed by atoms with van der Waals surface area (Å²) in [5.41, 5.74) is 0. The highest BCUT2D eigenvalue weighted by Crippen LogP contribution is 2.34. The van der Waals surface area contributed by atoms with Gasteiger partial charge in [0.1, 0.15) is 0 Å². The van der Waals surface area contributed by atoms with E-state index in [0.717, 1.165) is 17.9 Å². The van der Waals surface area contributed by atoms with Crippen LogP contribution < -0.4 is 5.32 Å². The minimum absolute atomic E-state index is 0.763. The van der Waals surface area contributed by atoms with E-state index < -0.39 is 0 Å². The summed E-state index contributed by atoms with van der Waals surface area (Å²) in [5.74, 6) is 1.80. The van der Waals surface area contributed by atoms with E-state index >= 15 is 0 Å². The van der Waals surface area contributed by atoms with Gasteiger partial charge in [-0.05, 0) is 51.7 Å². The van der Waals surface area contributed by atoms with Crippen LogP contribution in [0.5, 0.6) is 0 Å². The molecule has 0 bridgehead atoms. The molecule has 0 aromatic carbocycles. The lowest BCUT2D eigenvalue weighted by Crippen LogP contribution is -2.40. The average Bonchev–Trinajstić information content (AvgIpc) is 2.95. The molecule has 1 N–H and O–H groups in total. The minimum atomic E-state index is 0.763. The number of hydrogen-bond donors (Lipinski definition) is 1. The van der Waals surface area contributed by atoms with Gasteiger partial charge >= 0.3 is 0 Å². The largest absolute Gasteiger partial charge is 0.315 e. The Labute approximate surface area is 95.4 Å². The van der Waals surface area contributed by atoms with Gasteiger partial charge in [0.15, 0.2) is 0 Å². The highest BCUT2D eigenvalue weighted by atomic mass is 15.1. The van der Waals surface area contributed by atoms with Gasteiger partial charge in [-0.3, -0.25) is 0 Å². The minimum Gasteiger partial charge on any atom is -0.315 e. The third-order valence-corrected chi connectivity index (χ3v) is 3.46. The summed E-state index contributed by atoms with van der Waals surface area (Å²) in [4.78, 5) is 2.38. The SMILES string of the molecule is CCCC(C)CNCC(C1CC1)N(C)C. The van der Waals surface area contributed by atoms with Gasteiger partial charge in [-0.25, -0.2) is 0 Å². The van der Waals surface area contributed by atoms with Crippen molar-refractivity contribution in [1.29, 1.82) is 0 Å². The van der Waals surface area contributed by atoms with Gasteiger partial charge in [0, 0.05) is 12.6 Å². The van der Waals surface area contributed by atoms with Crippen LogP contribution in [0.2, 0.25) is 0 Å². The van der Waals surface area contributed by atoms with Crippen molar-refractivity contribution >= 4 is 0 Å². The van der Waals surface area contributed by atoms with Gasteiger partial charge in [-0.2, -0.15) is 0 Å². The summed E-state index contributed by atoms with van der Waals surface area (Å²) in [6.45, 7) is 6.97. The third kappa shape index (κ3) is 4.98. The molecular weight excluding hydrogens is 184 g/mol. The number of likely N-dealkylation sites (N-methyl/N-ethyl adjacent to an activating group) is 1. The summed E-state index contributed by atoms with van der Waals surface area (Å²) in [6.07, 6.45) is 5.54. The van der Waals surface area contributed by atoms with E-state index in [1.54, 1.807) is 0 Å². The van der Waals surface area contributed by atoms with Gasteiger partial charge in [-0.1, -0.05) is 20.3 Å². The number of hydrogen-bond acceptors (Lipinski definition) is 2. The number of nitrogens with zero attached hydrogens (tertiary/aromatic N) is 1. The average molecular weight is 212 g/mol. The van der Waals surface area contributed by atoms with Crippen LogP contribution in [0.3, 0.4) is 0 Å². The molecular formula is C13H28N2. The molecule has 1 fully saturated rings. The molecule has 2 unspecified atom stereocenters. The summed E-state index contributed by atoms with van der Waals surface area (Å²) in [5, 5.41) is 3.63. The fraction of sp³-hybridized carbons (Fsp3) is 1.00. The van der Waals surface area contributed by atoms with Crippen LogP contribution in [-0.2, 0) is 0 Å². The molecule has 2 heteroatoms. The Kier molecular flexibility index (Phi) is 5.62. The normalized spacial score (nSPS) is 20.6. The molecule has 1 rings (SSSR count). The molecule has 0 heterocycles. The van der Waals surface area contributed by atoms with Gasteiger partial charge in [0.2, 0.25) is 0 Å². The second-order valence-electron chi connectivity index (χ2n) is 5.42. The zero-order valence-corrected chi connectivity index (χ0v) is 10.9. The van der Waals surface area contributed by atoms with Crippen molar-refractivity contribution in [3.8, 4) is 0 Å². The van der Waals surface area contributed by atoms with E-state index in [1.165, 1.54) is 38.8 Å². The Hall–Kier alpha value is -0.0800. The van der Waals surface area contributed by atoms with Crippen molar-refractivity contribution in [3.63, 3.8) is 0 Å². The predicted octanol–water partition coefficient (Wildman–Crippen LogP) is 2.35. The molecule has 0 saturated heterocycles. The Bertz CT molecular complexity index is 162. The molecule has 0 spiro atoms. The Balaban J connectivity index is 2.11. The van der Waals surface area contributed by atoms with E-state index in [2.05, 4.69) is 38.2 Å². The van der Waals surface area contributed by atoms with E-state index in [9.17, 15) is 0 Å². The molecule has 15 heavy (non-hydrogen) atoms. The van der Waals surface area contributed by atoms with Crippen molar-refractivity contribution < 1.29 is 0 Å². The van der Waals surface area contributed by atoms with Crippen molar-refractivity contribution in [2.24, 2.45) is 11.8 Å². The molecule has 90 valence electrons. The highest BCUT2D eigenvalue weighted by molar-refractivity contribution is 4.87. The fourth-order valence-corrected chi connectivity index (χ4v) is 2.32. The highest BCUT2D eigenvalue weighted by Gasteiger charge is 2.32. The first kappa shape index (κ1) is 13.0. The van der Waals surface area contributed by atoms with Gasteiger partial charge in [0.05, 0.1) is 0 Å². The summed E-state index contributed by atoms with van der Waals surface area (Å²) >= 11 is 0. The Morgan fingerprint density at radius 3 is 2.40 bits per heavy atom. The first-order valence-corrected chi connectivity index (χ1v) is 6.52. The van der Waals surface area contributed by atoms with E-state index in [0.29, 0.717) is 0 Å². The second-order valence-corrected chi connectivity index (χ2v) is 5.42. The molecule has 2 atom stereocenters. The zero-order chi connectivity index (χ0) is 11.3. The maximum atomic E-state index is 3.63. The van der Waals surface area contributed by atoms with E-state index in [-0.39, 0.29) is 0 Å². The van der Waals surface area contributed by atoms with Crippen LogP contribution >= 0.6 is 0 Å². The monoisotopic (exact) mass is 212 g/mol. The summed E-state index contributed by atoms with van der Waals surface area (Å²) in [6, 6.07) is 0.763. The molecule has 1 saturated carbocycles. The first-order valence-electron chi connectivity index (χ1n) is 6.52. The van der Waals surface area contributed by atoms with Crippen LogP contribution in [0, 0.1) is 11.8 Å². The predicted molar refractivity (Wildman–Crippen MR) is 67.1 cm³/mol. The van der Waals surface area contributed by atoms with Crippen molar-refractivity contribution in [3.05, 3.63) is 0 Å². The maximum Gasteiger partial charge on any atom is 0.0242 e. The zero-order valence-electron chi connectivity index (χ0n) is 10.9. The molecule has 0 aromatic rings. The molecule has 2 nitrogen and oxygen atoms in total. The van der Waals surface area contributed by atoms with Crippen LogP contribution in [0.4, 0.5) is 0 Å². The number of nitrogens with one attached hydrogen (secondary N) is 1. The van der Waals surface area contributed by atoms with Gasteiger partial charge in [0.25, 0.3) is 0 Å². The lowest BCUT2D eigenvalue weighted by atomic mass is 10.1. The van der Waals surface area contributed by atoms with Crippen LogP contribution in [0.25, 0.3) is 0 Å². The smallest absolute Gasteiger partial charge is 0.0242 e. The van der Waals surface area contributed by atoms with Crippen LogP contribution in [-0.4, -0.2) is 38.1 Å². The molecule has 0 amide bonds. The number of rotatable bonds is 8. The van der Waals surface area contributed by atoms with Crippen LogP contribution in [0.1, 0.15) is 39.5 Å². The molecule has 1 aliphatic carbocycles. The molecule has 1 aliphatic rings. The second kappa shape index (κ2) is 6.49. The lowest BCUT2D eigenvalue weighted by molar-refractivity contribution is 0.252. The quantitative estimate of drug-likeness (QED) is 0.664. The van der Waals surface area contributed by atoms with E-state index in [1.807, 2.05) is 0 Å². The van der Waals surface area contributed by atoms with Crippen molar-refractivity contribution in [2.45, 2.75) is 45.6 Å².